The quantitative estimate of drug-likeness (QED) is 0.910. The zero-order valence-electron chi connectivity index (χ0n) is 11.4. The van der Waals surface area contributed by atoms with E-state index in [-0.39, 0.29) is 5.91 Å². The molecule has 1 aliphatic rings. The minimum atomic E-state index is -0.533. The molecule has 3 rings (SSSR count). The van der Waals surface area contributed by atoms with Gasteiger partial charge >= 0.3 is 0 Å². The van der Waals surface area contributed by atoms with Gasteiger partial charge in [-0.15, -0.1) is 0 Å². The molecule has 3 nitrogen and oxygen atoms in total. The van der Waals surface area contributed by atoms with Gasteiger partial charge in [0.2, 0.25) is 5.91 Å². The predicted molar refractivity (Wildman–Crippen MR) is 82.5 cm³/mol. The molecule has 5 heteroatoms. The Morgan fingerprint density at radius 3 is 2.67 bits per heavy atom. The molecule has 1 aromatic heterocycles. The van der Waals surface area contributed by atoms with E-state index in [0.29, 0.717) is 16.6 Å². The molecule has 0 atom stereocenters. The first-order chi connectivity index (χ1) is 10.1. The lowest BCUT2D eigenvalue weighted by atomic mass is 9.63. The second kappa shape index (κ2) is 5.74. The molecule has 0 bridgehead atoms. The molecule has 1 fully saturated rings. The third-order valence-electron chi connectivity index (χ3n) is 4.09. The Morgan fingerprint density at radius 2 is 2.10 bits per heavy atom. The molecule has 0 radical (unpaired) electrons. The lowest BCUT2D eigenvalue weighted by Crippen LogP contribution is -2.49. The Morgan fingerprint density at radius 1 is 1.29 bits per heavy atom. The van der Waals surface area contributed by atoms with Crippen molar-refractivity contribution in [2.24, 2.45) is 0 Å². The summed E-state index contributed by atoms with van der Waals surface area (Å²) in [5.74, 6) is 0.731. The van der Waals surface area contributed by atoms with Crippen LogP contribution >= 0.6 is 23.2 Å². The van der Waals surface area contributed by atoms with Crippen molar-refractivity contribution < 1.29 is 9.21 Å². The van der Waals surface area contributed by atoms with Gasteiger partial charge in [0.15, 0.2) is 0 Å². The van der Waals surface area contributed by atoms with E-state index in [9.17, 15) is 4.79 Å². The maximum atomic E-state index is 12.6. The monoisotopic (exact) mass is 323 g/mol. The van der Waals surface area contributed by atoms with Gasteiger partial charge in [-0.05, 0) is 42.7 Å². The Kier molecular flexibility index (Phi) is 3.96. The first-order valence-corrected chi connectivity index (χ1v) is 7.64. The number of hydrogen-bond donors (Lipinski definition) is 1. The van der Waals surface area contributed by atoms with E-state index in [1.54, 1.807) is 24.5 Å². The number of furan rings is 1. The molecule has 1 N–H and O–H groups in total. The second-order valence-corrected chi connectivity index (χ2v) is 6.17. The van der Waals surface area contributed by atoms with Gasteiger partial charge in [-0.2, -0.15) is 0 Å². The summed E-state index contributed by atoms with van der Waals surface area (Å²) in [5, 5.41) is 4.07. The summed E-state index contributed by atoms with van der Waals surface area (Å²) in [7, 11) is 0. The van der Waals surface area contributed by atoms with E-state index in [4.69, 9.17) is 27.6 Å². The van der Waals surface area contributed by atoms with Gasteiger partial charge < -0.3 is 9.73 Å². The van der Waals surface area contributed by atoms with Crippen molar-refractivity contribution in [1.29, 1.82) is 0 Å². The van der Waals surface area contributed by atoms with Gasteiger partial charge in [0.1, 0.15) is 5.76 Å². The normalized spacial score (nSPS) is 16.3. The molecular formula is C16H15Cl2NO2. The Hall–Kier alpha value is -1.45. The summed E-state index contributed by atoms with van der Waals surface area (Å²) in [6, 6.07) is 8.97. The molecule has 1 aliphatic carbocycles. The highest BCUT2D eigenvalue weighted by molar-refractivity contribution is 6.35. The number of carbonyl (C=O) groups is 1. The maximum absolute atomic E-state index is 12.6. The number of benzene rings is 1. The molecule has 1 amide bonds. The first-order valence-electron chi connectivity index (χ1n) is 6.88. The molecule has 1 saturated carbocycles. The van der Waals surface area contributed by atoms with Crippen LogP contribution in [0, 0.1) is 0 Å². The van der Waals surface area contributed by atoms with Crippen LogP contribution < -0.4 is 5.32 Å². The number of carbonyl (C=O) groups excluding carboxylic acids is 1. The molecule has 1 heterocycles. The van der Waals surface area contributed by atoms with Gasteiger partial charge in [0.05, 0.1) is 18.2 Å². The molecule has 2 aromatic rings. The summed E-state index contributed by atoms with van der Waals surface area (Å²) in [6.07, 6.45) is 4.22. The topological polar surface area (TPSA) is 42.2 Å². The highest BCUT2D eigenvalue weighted by atomic mass is 35.5. The Balaban J connectivity index is 1.80. The highest BCUT2D eigenvalue weighted by Crippen LogP contribution is 2.47. The van der Waals surface area contributed by atoms with E-state index >= 15 is 0 Å². The summed E-state index contributed by atoms with van der Waals surface area (Å²) in [5.41, 5.74) is 0.325. The smallest absolute Gasteiger partial charge is 0.231 e. The van der Waals surface area contributed by atoms with Crippen LogP contribution in [0.2, 0.25) is 10.0 Å². The minimum Gasteiger partial charge on any atom is -0.467 e. The standard InChI is InChI=1S/C16H15Cl2NO2/c17-11-4-5-13(14(18)9-11)16(6-2-7-16)15(20)19-10-12-3-1-8-21-12/h1,3-5,8-9H,2,6-7,10H2,(H,19,20). The number of rotatable bonds is 4. The first kappa shape index (κ1) is 14.5. The Labute approximate surface area is 133 Å². The lowest BCUT2D eigenvalue weighted by molar-refractivity contribution is -0.130. The van der Waals surface area contributed by atoms with E-state index in [1.807, 2.05) is 12.1 Å². The van der Waals surface area contributed by atoms with E-state index in [2.05, 4.69) is 5.32 Å². The van der Waals surface area contributed by atoms with Gasteiger partial charge in [-0.3, -0.25) is 4.79 Å². The van der Waals surface area contributed by atoms with Crippen molar-refractivity contribution in [3.63, 3.8) is 0 Å². The third-order valence-corrected chi connectivity index (χ3v) is 4.64. The zero-order valence-corrected chi connectivity index (χ0v) is 12.9. The van der Waals surface area contributed by atoms with Crippen LogP contribution in [0.15, 0.2) is 41.0 Å². The van der Waals surface area contributed by atoms with E-state index < -0.39 is 5.41 Å². The van der Waals surface area contributed by atoms with Crippen molar-refractivity contribution in [2.45, 2.75) is 31.2 Å². The lowest BCUT2D eigenvalue weighted by Gasteiger charge is -2.41. The third kappa shape index (κ3) is 2.68. The van der Waals surface area contributed by atoms with Gasteiger partial charge in [-0.25, -0.2) is 0 Å². The van der Waals surface area contributed by atoms with Crippen LogP contribution in [0.25, 0.3) is 0 Å². The van der Waals surface area contributed by atoms with Crippen LogP contribution in [0.1, 0.15) is 30.6 Å². The molecule has 0 saturated heterocycles. The highest BCUT2D eigenvalue weighted by Gasteiger charge is 2.46. The summed E-state index contributed by atoms with van der Waals surface area (Å²) < 4.78 is 5.24. The SMILES string of the molecule is O=C(NCc1ccco1)C1(c2ccc(Cl)cc2Cl)CCC1. The van der Waals surface area contributed by atoms with Gasteiger partial charge in [-0.1, -0.05) is 35.7 Å². The fourth-order valence-electron chi connectivity index (χ4n) is 2.78. The number of hydrogen-bond acceptors (Lipinski definition) is 2. The molecule has 1 aromatic carbocycles. The van der Waals surface area contributed by atoms with Crippen molar-refractivity contribution in [2.75, 3.05) is 0 Å². The fourth-order valence-corrected chi connectivity index (χ4v) is 3.37. The van der Waals surface area contributed by atoms with Crippen LogP contribution in [-0.2, 0) is 16.8 Å². The molecule has 0 unspecified atom stereocenters. The average molecular weight is 324 g/mol. The molecule has 0 spiro atoms. The van der Waals surface area contributed by atoms with Crippen molar-refractivity contribution >= 4 is 29.1 Å². The van der Waals surface area contributed by atoms with Crippen LogP contribution in [0.3, 0.4) is 0 Å². The van der Waals surface area contributed by atoms with Crippen LogP contribution in [0.4, 0.5) is 0 Å². The molecule has 0 aliphatic heterocycles. The summed E-state index contributed by atoms with van der Waals surface area (Å²) in [4.78, 5) is 12.6. The minimum absolute atomic E-state index is 0.00521. The zero-order chi connectivity index (χ0) is 14.9. The number of nitrogens with one attached hydrogen (secondary N) is 1. The fraction of sp³-hybridized carbons (Fsp3) is 0.312. The number of amides is 1. The van der Waals surface area contributed by atoms with Crippen LogP contribution in [0.5, 0.6) is 0 Å². The van der Waals surface area contributed by atoms with Crippen molar-refractivity contribution in [1.82, 2.24) is 5.32 Å². The Bertz CT molecular complexity index is 648. The predicted octanol–water partition coefficient (Wildman–Crippen LogP) is 4.32. The van der Waals surface area contributed by atoms with Gasteiger partial charge in [0, 0.05) is 10.0 Å². The average Bonchev–Trinajstić information content (AvgIpc) is 2.90. The molecule has 21 heavy (non-hydrogen) atoms. The van der Waals surface area contributed by atoms with Crippen molar-refractivity contribution in [3.8, 4) is 0 Å². The summed E-state index contributed by atoms with van der Waals surface area (Å²) >= 11 is 12.2. The van der Waals surface area contributed by atoms with E-state index in [0.717, 1.165) is 30.6 Å². The molecule has 110 valence electrons. The second-order valence-electron chi connectivity index (χ2n) is 5.32. The summed E-state index contributed by atoms with van der Waals surface area (Å²) in [6.45, 7) is 0.388. The maximum Gasteiger partial charge on any atom is 0.231 e. The largest absolute Gasteiger partial charge is 0.467 e. The van der Waals surface area contributed by atoms with Crippen LogP contribution in [-0.4, -0.2) is 5.91 Å². The molecular weight excluding hydrogens is 309 g/mol. The van der Waals surface area contributed by atoms with E-state index in [1.165, 1.54) is 0 Å². The number of halogens is 2. The van der Waals surface area contributed by atoms with Gasteiger partial charge in [0.25, 0.3) is 0 Å². The van der Waals surface area contributed by atoms with Crippen molar-refractivity contribution in [3.05, 3.63) is 58.0 Å².